The van der Waals surface area contributed by atoms with E-state index in [1.807, 2.05) is 48.2 Å². The topological polar surface area (TPSA) is 96.0 Å². The maximum Gasteiger partial charge on any atom is 0.309 e. The number of anilines is 3. The lowest BCUT2D eigenvalue weighted by atomic mass is 9.90. The number of nitrogens with zero attached hydrogens (tertiary/aromatic N) is 2. The number of hydrogen-bond acceptors (Lipinski definition) is 7. The first-order valence-corrected chi connectivity index (χ1v) is 14.0. The third kappa shape index (κ3) is 5.12. The van der Waals surface area contributed by atoms with Crippen molar-refractivity contribution in [2.75, 3.05) is 44.0 Å². The van der Waals surface area contributed by atoms with Gasteiger partial charge in [-0.15, -0.1) is 0 Å². The molecule has 3 aromatic carbocycles. The lowest BCUT2D eigenvalue weighted by Crippen LogP contribution is -2.49. The van der Waals surface area contributed by atoms with Crippen molar-refractivity contribution in [3.63, 3.8) is 0 Å². The van der Waals surface area contributed by atoms with Gasteiger partial charge in [0.1, 0.15) is 18.2 Å². The van der Waals surface area contributed by atoms with E-state index in [4.69, 9.17) is 14.6 Å². The zero-order valence-electron chi connectivity index (χ0n) is 23.8. The van der Waals surface area contributed by atoms with Gasteiger partial charge in [0.25, 0.3) is 0 Å². The number of rotatable bonds is 8. The minimum Gasteiger partial charge on any atom is -0.496 e. The normalized spacial score (nSPS) is 14.8. The predicted molar refractivity (Wildman–Crippen MR) is 161 cm³/mol. The second-order valence-corrected chi connectivity index (χ2v) is 10.8. The number of benzene rings is 3. The van der Waals surface area contributed by atoms with Gasteiger partial charge in [0, 0.05) is 43.6 Å². The highest BCUT2D eigenvalue weighted by molar-refractivity contribution is 5.84. The zero-order chi connectivity index (χ0) is 29.4. The molecule has 0 radical (unpaired) electrons. The molecule has 0 bridgehead atoms. The molecule has 3 heterocycles. The van der Waals surface area contributed by atoms with Crippen LogP contribution in [0.2, 0.25) is 0 Å². The molecule has 1 aromatic heterocycles. The van der Waals surface area contributed by atoms with Crippen molar-refractivity contribution >= 4 is 23.2 Å². The first-order chi connectivity index (χ1) is 20.3. The predicted octanol–water partition coefficient (Wildman–Crippen LogP) is 6.24. The first-order valence-electron chi connectivity index (χ1n) is 14.0. The number of carbonyl (C=O) groups is 1. The fourth-order valence-electron chi connectivity index (χ4n) is 5.77. The standard InChI is InChI=1S/C33H33FN4O4/c1-19-23(21-14-27(34)26(30(15-21)41-3)18-38-16-22(17-38)33(39)40)6-4-7-24(19)25-8-5-9-28(20(25)2)37-32-31-29(10-11-36-32)35-12-13-42-31/h4-11,14-15,22,35H,12-13,16-18H2,1-3H3,(H,36,37)(H,39,40). The van der Waals surface area contributed by atoms with Crippen LogP contribution in [0.15, 0.2) is 60.8 Å². The molecule has 3 N–H and O–H groups in total. The van der Waals surface area contributed by atoms with Crippen molar-refractivity contribution in [2.45, 2.75) is 20.4 Å². The molecule has 6 rings (SSSR count). The molecule has 216 valence electrons. The fourth-order valence-corrected chi connectivity index (χ4v) is 5.77. The Labute approximate surface area is 244 Å². The second kappa shape index (κ2) is 11.3. The summed E-state index contributed by atoms with van der Waals surface area (Å²) in [5, 5.41) is 16.0. The number of aromatic nitrogens is 1. The summed E-state index contributed by atoms with van der Waals surface area (Å²) >= 11 is 0. The average Bonchev–Trinajstić information content (AvgIpc) is 2.96. The summed E-state index contributed by atoms with van der Waals surface area (Å²) in [6.45, 7) is 6.56. The molecule has 0 saturated carbocycles. The van der Waals surface area contributed by atoms with E-state index in [-0.39, 0.29) is 5.82 Å². The van der Waals surface area contributed by atoms with Crippen LogP contribution in [0.25, 0.3) is 22.3 Å². The summed E-state index contributed by atoms with van der Waals surface area (Å²) in [5.74, 6) is 0.229. The highest BCUT2D eigenvalue weighted by atomic mass is 19.1. The zero-order valence-corrected chi connectivity index (χ0v) is 23.8. The van der Waals surface area contributed by atoms with Gasteiger partial charge in [0.05, 0.1) is 18.7 Å². The van der Waals surface area contributed by atoms with Crippen LogP contribution in [-0.2, 0) is 11.3 Å². The summed E-state index contributed by atoms with van der Waals surface area (Å²) in [4.78, 5) is 17.6. The number of carboxylic acid groups (broad SMARTS) is 1. The van der Waals surface area contributed by atoms with Crippen LogP contribution in [0.1, 0.15) is 16.7 Å². The minimum absolute atomic E-state index is 0.303. The monoisotopic (exact) mass is 568 g/mol. The molecule has 42 heavy (non-hydrogen) atoms. The molecular weight excluding hydrogens is 535 g/mol. The molecule has 1 fully saturated rings. The molecule has 0 amide bonds. The van der Waals surface area contributed by atoms with Crippen LogP contribution in [0.5, 0.6) is 11.5 Å². The number of methoxy groups -OCH3 is 1. The Balaban J connectivity index is 1.31. The molecule has 0 spiro atoms. The number of ether oxygens (including phenoxy) is 2. The maximum atomic E-state index is 15.5. The molecule has 2 aliphatic rings. The van der Waals surface area contributed by atoms with Gasteiger partial charge in [-0.25, -0.2) is 9.37 Å². The van der Waals surface area contributed by atoms with Crippen molar-refractivity contribution < 1.29 is 23.8 Å². The Morgan fingerprint density at radius 2 is 1.86 bits per heavy atom. The van der Waals surface area contributed by atoms with Crippen molar-refractivity contribution in [1.82, 2.24) is 9.88 Å². The van der Waals surface area contributed by atoms with Crippen molar-refractivity contribution in [2.24, 2.45) is 5.92 Å². The van der Waals surface area contributed by atoms with E-state index in [1.54, 1.807) is 12.3 Å². The largest absolute Gasteiger partial charge is 0.496 e. The Bertz CT molecular complexity index is 1670. The highest BCUT2D eigenvalue weighted by Crippen LogP contribution is 2.40. The molecule has 0 unspecified atom stereocenters. The Morgan fingerprint density at radius 3 is 2.62 bits per heavy atom. The second-order valence-electron chi connectivity index (χ2n) is 10.8. The molecule has 0 aliphatic carbocycles. The van der Waals surface area contributed by atoms with E-state index in [1.165, 1.54) is 7.11 Å². The van der Waals surface area contributed by atoms with Gasteiger partial charge in [-0.3, -0.25) is 9.69 Å². The minimum atomic E-state index is -0.817. The van der Waals surface area contributed by atoms with E-state index in [2.05, 4.69) is 34.7 Å². The van der Waals surface area contributed by atoms with E-state index >= 15 is 4.39 Å². The quantitative estimate of drug-likeness (QED) is 0.230. The van der Waals surface area contributed by atoms with Crippen LogP contribution < -0.4 is 20.1 Å². The smallest absolute Gasteiger partial charge is 0.309 e. The van der Waals surface area contributed by atoms with Gasteiger partial charge in [-0.1, -0.05) is 30.3 Å². The van der Waals surface area contributed by atoms with Gasteiger partial charge < -0.3 is 25.2 Å². The Kier molecular flexibility index (Phi) is 7.43. The number of hydrogen-bond donors (Lipinski definition) is 3. The van der Waals surface area contributed by atoms with E-state index in [0.717, 1.165) is 51.3 Å². The third-order valence-corrected chi connectivity index (χ3v) is 8.15. The number of nitrogens with one attached hydrogen (secondary N) is 2. The van der Waals surface area contributed by atoms with Crippen molar-refractivity contribution in [3.05, 3.63) is 83.3 Å². The summed E-state index contributed by atoms with van der Waals surface area (Å²) in [6.07, 6.45) is 1.75. The van der Waals surface area contributed by atoms with Gasteiger partial charge in [-0.05, 0) is 71.5 Å². The molecule has 2 aliphatic heterocycles. The maximum absolute atomic E-state index is 15.5. The van der Waals surface area contributed by atoms with Crippen LogP contribution in [-0.4, -0.2) is 54.3 Å². The van der Waals surface area contributed by atoms with E-state index in [0.29, 0.717) is 49.1 Å². The number of halogens is 1. The van der Waals surface area contributed by atoms with Crippen LogP contribution in [0, 0.1) is 25.6 Å². The van der Waals surface area contributed by atoms with Crippen LogP contribution in [0.4, 0.5) is 21.6 Å². The first kappa shape index (κ1) is 27.5. The summed E-state index contributed by atoms with van der Waals surface area (Å²) in [6, 6.07) is 17.5. The van der Waals surface area contributed by atoms with Crippen LogP contribution in [0.3, 0.4) is 0 Å². The average molecular weight is 569 g/mol. The van der Waals surface area contributed by atoms with Crippen LogP contribution >= 0.6 is 0 Å². The molecule has 9 heteroatoms. The Hall–Kier alpha value is -4.63. The molecule has 1 saturated heterocycles. The summed E-state index contributed by atoms with van der Waals surface area (Å²) in [5.41, 5.74) is 8.05. The number of aliphatic carboxylic acids is 1. The SMILES string of the molecule is COc1cc(-c2cccc(-c3cccc(Nc4nccc5c4OCCN5)c3C)c2C)cc(F)c1CN1CC(C(=O)O)C1. The number of carboxylic acids is 1. The number of pyridine rings is 1. The summed E-state index contributed by atoms with van der Waals surface area (Å²) < 4.78 is 27.0. The molecular formula is C33H33FN4O4. The van der Waals surface area contributed by atoms with Gasteiger partial charge in [0.15, 0.2) is 11.6 Å². The van der Waals surface area contributed by atoms with Crippen molar-refractivity contribution in [1.29, 1.82) is 0 Å². The fraction of sp³-hybridized carbons (Fsp3) is 0.273. The summed E-state index contributed by atoms with van der Waals surface area (Å²) in [7, 11) is 1.53. The van der Waals surface area contributed by atoms with Gasteiger partial charge >= 0.3 is 5.97 Å². The van der Waals surface area contributed by atoms with E-state index in [9.17, 15) is 4.79 Å². The van der Waals surface area contributed by atoms with Gasteiger partial charge in [0.2, 0.25) is 0 Å². The van der Waals surface area contributed by atoms with Gasteiger partial charge in [-0.2, -0.15) is 0 Å². The lowest BCUT2D eigenvalue weighted by Gasteiger charge is -2.36. The number of fused-ring (bicyclic) bond motifs is 1. The highest BCUT2D eigenvalue weighted by Gasteiger charge is 2.33. The molecule has 0 atom stereocenters. The van der Waals surface area contributed by atoms with Crippen molar-refractivity contribution in [3.8, 4) is 33.8 Å². The van der Waals surface area contributed by atoms with E-state index < -0.39 is 11.9 Å². The third-order valence-electron chi connectivity index (χ3n) is 8.15. The molecule has 4 aromatic rings. The number of likely N-dealkylation sites (tertiary alicyclic amines) is 1. The lowest BCUT2D eigenvalue weighted by molar-refractivity contribution is -0.147. The molecule has 8 nitrogen and oxygen atoms in total. The Morgan fingerprint density at radius 1 is 1.12 bits per heavy atom.